The number of ether oxygens (including phenoxy) is 2. The molecule has 0 amide bonds. The summed E-state index contributed by atoms with van der Waals surface area (Å²) in [4.78, 5) is 25.6. The number of nitrogens with zero attached hydrogens (tertiary/aromatic N) is 2. The van der Waals surface area contributed by atoms with Gasteiger partial charge in [-0.15, -0.1) is 0 Å². The molecular formula is C32H43N3O4. The average Bonchev–Trinajstić information content (AvgIpc) is 2.96. The number of fused-ring (bicyclic) bond motifs is 1. The standard InChI is InChI=1S/C32H43N3O4/c1-2-3-4-5-6-10-19-38-30(36)22-28-21-27-20-26(15-16-29(27)39-32(28)33)31(37)25-13-11-24(12-14-25)23-34-35-17-8-7-9-18-35/h11-16,20,23,28,32H,2-10,17-19,21-22,33H2,1H3. The Labute approximate surface area is 232 Å². The number of piperidine rings is 1. The minimum atomic E-state index is -0.584. The number of hydrogen-bond acceptors (Lipinski definition) is 7. The fourth-order valence-corrected chi connectivity index (χ4v) is 5.19. The van der Waals surface area contributed by atoms with E-state index in [0.29, 0.717) is 29.9 Å². The van der Waals surface area contributed by atoms with E-state index in [9.17, 15) is 9.59 Å². The second-order valence-corrected chi connectivity index (χ2v) is 10.8. The molecule has 0 bridgehead atoms. The summed E-state index contributed by atoms with van der Waals surface area (Å²) >= 11 is 0. The zero-order valence-electron chi connectivity index (χ0n) is 23.3. The van der Waals surface area contributed by atoms with E-state index in [2.05, 4.69) is 17.0 Å². The number of nitrogens with two attached hydrogens (primary N) is 1. The highest BCUT2D eigenvalue weighted by atomic mass is 16.5. The minimum Gasteiger partial charge on any atom is -0.475 e. The first kappa shape index (κ1) is 28.8. The van der Waals surface area contributed by atoms with Gasteiger partial charge in [0.2, 0.25) is 0 Å². The predicted molar refractivity (Wildman–Crippen MR) is 154 cm³/mol. The summed E-state index contributed by atoms with van der Waals surface area (Å²) < 4.78 is 11.4. The summed E-state index contributed by atoms with van der Waals surface area (Å²) in [7, 11) is 0. The Balaban J connectivity index is 1.30. The maximum atomic E-state index is 13.2. The van der Waals surface area contributed by atoms with Crippen LogP contribution in [0.5, 0.6) is 5.75 Å². The zero-order chi connectivity index (χ0) is 27.5. The first-order valence-electron chi connectivity index (χ1n) is 14.7. The molecule has 210 valence electrons. The molecule has 2 unspecified atom stereocenters. The van der Waals surface area contributed by atoms with Crippen LogP contribution in [0.25, 0.3) is 0 Å². The van der Waals surface area contributed by atoms with E-state index in [1.54, 1.807) is 12.1 Å². The Morgan fingerprint density at radius 3 is 2.49 bits per heavy atom. The number of hydrogen-bond donors (Lipinski definition) is 1. The van der Waals surface area contributed by atoms with Gasteiger partial charge >= 0.3 is 5.97 Å². The van der Waals surface area contributed by atoms with Gasteiger partial charge in [0.05, 0.1) is 19.2 Å². The van der Waals surface area contributed by atoms with Crippen molar-refractivity contribution in [2.45, 2.75) is 83.8 Å². The number of benzene rings is 2. The van der Waals surface area contributed by atoms with Crippen LogP contribution in [0.4, 0.5) is 0 Å². The Morgan fingerprint density at radius 2 is 1.72 bits per heavy atom. The molecule has 7 heteroatoms. The van der Waals surface area contributed by atoms with Crippen molar-refractivity contribution >= 4 is 18.0 Å². The smallest absolute Gasteiger partial charge is 0.306 e. The summed E-state index contributed by atoms with van der Waals surface area (Å²) in [6.45, 7) is 4.65. The van der Waals surface area contributed by atoms with Crippen LogP contribution >= 0.6 is 0 Å². The van der Waals surface area contributed by atoms with Gasteiger partial charge < -0.3 is 9.47 Å². The summed E-state index contributed by atoms with van der Waals surface area (Å²) in [6.07, 6.45) is 12.6. The Hall–Kier alpha value is -3.19. The van der Waals surface area contributed by atoms with Gasteiger partial charge in [0.25, 0.3) is 0 Å². The predicted octanol–water partition coefficient (Wildman–Crippen LogP) is 5.87. The normalized spacial score (nSPS) is 19.0. The van der Waals surface area contributed by atoms with Crippen molar-refractivity contribution in [2.75, 3.05) is 19.7 Å². The van der Waals surface area contributed by atoms with Crippen molar-refractivity contribution in [1.82, 2.24) is 5.01 Å². The molecule has 2 aliphatic heterocycles. The van der Waals surface area contributed by atoms with Crippen molar-refractivity contribution in [3.05, 3.63) is 64.7 Å². The molecule has 2 aromatic rings. The largest absolute Gasteiger partial charge is 0.475 e. The van der Waals surface area contributed by atoms with Gasteiger partial charge in [0.1, 0.15) is 5.75 Å². The van der Waals surface area contributed by atoms with Crippen LogP contribution in [0.3, 0.4) is 0 Å². The van der Waals surface area contributed by atoms with Gasteiger partial charge in [-0.1, -0.05) is 63.3 Å². The average molecular weight is 534 g/mol. The van der Waals surface area contributed by atoms with Crippen molar-refractivity contribution in [2.24, 2.45) is 16.8 Å². The summed E-state index contributed by atoms with van der Waals surface area (Å²) in [5, 5.41) is 6.67. The molecule has 39 heavy (non-hydrogen) atoms. The topological polar surface area (TPSA) is 94.2 Å². The van der Waals surface area contributed by atoms with Crippen LogP contribution in [-0.4, -0.2) is 48.9 Å². The summed E-state index contributed by atoms with van der Waals surface area (Å²) in [6, 6.07) is 13.0. The molecule has 0 radical (unpaired) electrons. The molecule has 7 nitrogen and oxygen atoms in total. The quantitative estimate of drug-likeness (QED) is 0.150. The van der Waals surface area contributed by atoms with E-state index in [-0.39, 0.29) is 24.1 Å². The minimum absolute atomic E-state index is 0.0536. The lowest BCUT2D eigenvalue weighted by molar-refractivity contribution is -0.145. The fraction of sp³-hybridized carbons (Fsp3) is 0.531. The Morgan fingerprint density at radius 1 is 1.00 bits per heavy atom. The zero-order valence-corrected chi connectivity index (χ0v) is 23.3. The molecule has 0 aliphatic carbocycles. The van der Waals surface area contributed by atoms with E-state index in [1.807, 2.05) is 36.5 Å². The van der Waals surface area contributed by atoms with Gasteiger partial charge in [-0.3, -0.25) is 20.3 Å². The van der Waals surface area contributed by atoms with Gasteiger partial charge in [-0.25, -0.2) is 0 Å². The molecule has 0 aromatic heterocycles. The highest BCUT2D eigenvalue weighted by molar-refractivity contribution is 6.09. The van der Waals surface area contributed by atoms with Crippen molar-refractivity contribution in [3.8, 4) is 5.75 Å². The second kappa shape index (κ2) is 14.8. The molecule has 4 rings (SSSR count). The highest BCUT2D eigenvalue weighted by Gasteiger charge is 2.30. The number of ketones is 1. The summed E-state index contributed by atoms with van der Waals surface area (Å²) in [5.41, 5.74) is 9.30. The molecule has 0 saturated carbocycles. The third kappa shape index (κ3) is 8.65. The second-order valence-electron chi connectivity index (χ2n) is 10.8. The maximum Gasteiger partial charge on any atom is 0.306 e. The lowest BCUT2D eigenvalue weighted by atomic mass is 9.90. The molecule has 2 heterocycles. The van der Waals surface area contributed by atoms with E-state index >= 15 is 0 Å². The lowest BCUT2D eigenvalue weighted by Gasteiger charge is -2.30. The van der Waals surface area contributed by atoms with Crippen LogP contribution in [0.15, 0.2) is 47.6 Å². The molecule has 2 aromatic carbocycles. The summed E-state index contributed by atoms with van der Waals surface area (Å²) in [5.74, 6) is 0.174. The third-order valence-corrected chi connectivity index (χ3v) is 7.60. The lowest BCUT2D eigenvalue weighted by Crippen LogP contribution is -2.41. The monoisotopic (exact) mass is 533 g/mol. The number of hydrazone groups is 1. The number of carbonyl (C=O) groups is 2. The first-order chi connectivity index (χ1) is 19.0. The van der Waals surface area contributed by atoms with E-state index in [1.165, 1.54) is 44.9 Å². The molecule has 1 saturated heterocycles. The van der Waals surface area contributed by atoms with Crippen LogP contribution in [0.2, 0.25) is 0 Å². The van der Waals surface area contributed by atoms with E-state index in [0.717, 1.165) is 37.1 Å². The number of carbonyl (C=O) groups excluding carboxylic acids is 2. The van der Waals surface area contributed by atoms with Crippen LogP contribution in [0, 0.1) is 5.92 Å². The molecule has 2 aliphatic rings. The maximum absolute atomic E-state index is 13.2. The van der Waals surface area contributed by atoms with E-state index < -0.39 is 6.23 Å². The molecule has 1 fully saturated rings. The Bertz CT molecular complexity index is 1110. The number of rotatable bonds is 13. The number of esters is 1. The van der Waals surface area contributed by atoms with Crippen LogP contribution in [0.1, 0.15) is 98.2 Å². The van der Waals surface area contributed by atoms with E-state index in [4.69, 9.17) is 15.2 Å². The Kier molecular flexibility index (Phi) is 11.0. The number of unbranched alkanes of at least 4 members (excludes halogenated alkanes) is 5. The molecule has 2 atom stereocenters. The van der Waals surface area contributed by atoms with Gasteiger partial charge in [0.15, 0.2) is 12.0 Å². The molecule has 0 spiro atoms. The highest BCUT2D eigenvalue weighted by Crippen LogP contribution is 2.32. The van der Waals surface area contributed by atoms with Gasteiger partial charge in [0, 0.05) is 30.1 Å². The van der Waals surface area contributed by atoms with Gasteiger partial charge in [-0.2, -0.15) is 5.10 Å². The van der Waals surface area contributed by atoms with Gasteiger partial charge in [-0.05, 0) is 61.4 Å². The van der Waals surface area contributed by atoms with Crippen LogP contribution < -0.4 is 10.5 Å². The third-order valence-electron chi connectivity index (χ3n) is 7.60. The van der Waals surface area contributed by atoms with Crippen molar-refractivity contribution in [3.63, 3.8) is 0 Å². The molecular weight excluding hydrogens is 490 g/mol. The van der Waals surface area contributed by atoms with Crippen molar-refractivity contribution < 1.29 is 19.1 Å². The SMILES string of the molecule is CCCCCCCCOC(=O)CC1Cc2cc(C(=O)c3ccc(C=NN4CCCCC4)cc3)ccc2OC1N. The first-order valence-corrected chi connectivity index (χ1v) is 14.7. The van der Waals surface area contributed by atoms with Crippen molar-refractivity contribution in [1.29, 1.82) is 0 Å². The molecule has 2 N–H and O–H groups in total. The fourth-order valence-electron chi connectivity index (χ4n) is 5.19. The van der Waals surface area contributed by atoms with Crippen LogP contribution in [-0.2, 0) is 16.0 Å².